The van der Waals surface area contributed by atoms with E-state index in [1.54, 1.807) is 0 Å². The van der Waals surface area contributed by atoms with E-state index < -0.39 is 0 Å². The molecule has 3 fully saturated rings. The normalized spacial score (nSPS) is 49.0. The zero-order valence-corrected chi connectivity index (χ0v) is 10.6. The number of fused-ring (bicyclic) bond motifs is 2. The van der Waals surface area contributed by atoms with Crippen LogP contribution in [0.5, 0.6) is 0 Å². The van der Waals surface area contributed by atoms with Crippen molar-refractivity contribution in [3.63, 3.8) is 0 Å². The van der Waals surface area contributed by atoms with Gasteiger partial charge >= 0.3 is 0 Å². The number of hydrogen-bond donors (Lipinski definition) is 0. The van der Waals surface area contributed by atoms with Gasteiger partial charge in [0, 0.05) is 6.04 Å². The van der Waals surface area contributed by atoms with Crippen LogP contribution in [0.2, 0.25) is 0 Å². The molecule has 0 aromatic carbocycles. The predicted molar refractivity (Wildman–Crippen MR) is 63.8 cm³/mol. The Labute approximate surface area is 94.2 Å². The maximum atomic E-state index is 2.81. The van der Waals surface area contributed by atoms with Gasteiger partial charge in [0.05, 0.1) is 0 Å². The first-order valence-electron chi connectivity index (χ1n) is 6.80. The summed E-state index contributed by atoms with van der Waals surface area (Å²) in [6.07, 6.45) is 7.35. The Balaban J connectivity index is 1.88. The molecule has 0 spiro atoms. The van der Waals surface area contributed by atoms with E-state index in [1.807, 2.05) is 0 Å². The van der Waals surface area contributed by atoms with Gasteiger partial charge in [-0.3, -0.25) is 4.90 Å². The van der Waals surface area contributed by atoms with E-state index in [0.717, 1.165) is 12.0 Å². The minimum Gasteiger partial charge on any atom is -0.300 e. The highest BCUT2D eigenvalue weighted by Crippen LogP contribution is 2.66. The van der Waals surface area contributed by atoms with Crippen LogP contribution in [-0.4, -0.2) is 24.0 Å². The lowest BCUT2D eigenvalue weighted by Crippen LogP contribution is -2.45. The molecule has 1 saturated heterocycles. The molecule has 3 atom stereocenters. The molecule has 1 aliphatic heterocycles. The molecule has 1 heterocycles. The molecule has 86 valence electrons. The van der Waals surface area contributed by atoms with Crippen molar-refractivity contribution in [2.75, 3.05) is 13.1 Å². The van der Waals surface area contributed by atoms with Crippen molar-refractivity contribution in [3.05, 3.63) is 0 Å². The maximum Gasteiger partial charge on any atom is 0.0157 e. The lowest BCUT2D eigenvalue weighted by Gasteiger charge is -2.43. The van der Waals surface area contributed by atoms with Gasteiger partial charge < -0.3 is 0 Å². The lowest BCUT2D eigenvalue weighted by molar-refractivity contribution is 0.0570. The predicted octanol–water partition coefficient (Wildman–Crippen LogP) is 3.30. The van der Waals surface area contributed by atoms with Crippen molar-refractivity contribution >= 4 is 0 Å². The molecule has 2 aliphatic carbocycles. The van der Waals surface area contributed by atoms with Crippen LogP contribution in [0.1, 0.15) is 52.9 Å². The number of hydrogen-bond acceptors (Lipinski definition) is 1. The zero-order chi connectivity index (χ0) is 10.7. The van der Waals surface area contributed by atoms with Crippen LogP contribution in [0.4, 0.5) is 0 Å². The van der Waals surface area contributed by atoms with Crippen LogP contribution in [0.15, 0.2) is 0 Å². The van der Waals surface area contributed by atoms with Crippen molar-refractivity contribution in [2.24, 2.45) is 16.7 Å². The van der Waals surface area contributed by atoms with Gasteiger partial charge in [0.25, 0.3) is 0 Å². The first kappa shape index (κ1) is 10.1. The molecule has 0 aromatic heterocycles. The van der Waals surface area contributed by atoms with E-state index >= 15 is 0 Å². The van der Waals surface area contributed by atoms with E-state index in [1.165, 1.54) is 45.2 Å². The fourth-order valence-corrected chi connectivity index (χ4v) is 4.77. The smallest absolute Gasteiger partial charge is 0.0157 e. The zero-order valence-electron chi connectivity index (χ0n) is 10.6. The molecule has 1 heteroatoms. The summed E-state index contributed by atoms with van der Waals surface area (Å²) < 4.78 is 0. The van der Waals surface area contributed by atoms with Crippen LogP contribution in [-0.2, 0) is 0 Å². The first-order chi connectivity index (χ1) is 7.06. The molecule has 3 aliphatic rings. The second-order valence-corrected chi connectivity index (χ2v) is 6.87. The Kier molecular flexibility index (Phi) is 2.03. The second kappa shape index (κ2) is 3.00. The van der Waals surface area contributed by atoms with Gasteiger partial charge in [-0.2, -0.15) is 0 Å². The van der Waals surface area contributed by atoms with Crippen LogP contribution < -0.4 is 0 Å². The van der Waals surface area contributed by atoms with Gasteiger partial charge in [0.1, 0.15) is 0 Å². The molecule has 0 amide bonds. The standard InChI is InChI=1S/C14H25N/c1-13(2)11-6-7-14(13,3)12(10-11)15-8-4-5-9-15/h11-12H,4-10H2,1-3H3. The Hall–Kier alpha value is -0.0400. The fourth-order valence-electron chi connectivity index (χ4n) is 4.77. The van der Waals surface area contributed by atoms with Crippen molar-refractivity contribution in [1.82, 2.24) is 4.90 Å². The molecule has 15 heavy (non-hydrogen) atoms. The third kappa shape index (κ3) is 1.13. The third-order valence-electron chi connectivity index (χ3n) is 6.33. The van der Waals surface area contributed by atoms with Crippen molar-refractivity contribution in [1.29, 1.82) is 0 Å². The Morgan fingerprint density at radius 3 is 2.20 bits per heavy atom. The molecule has 0 N–H and O–H groups in total. The summed E-state index contributed by atoms with van der Waals surface area (Å²) in [5.41, 5.74) is 1.21. The molecule has 2 bridgehead atoms. The van der Waals surface area contributed by atoms with Gasteiger partial charge in [-0.05, 0) is 61.9 Å². The maximum absolute atomic E-state index is 2.81. The van der Waals surface area contributed by atoms with Gasteiger partial charge in [-0.1, -0.05) is 20.8 Å². The highest BCUT2D eigenvalue weighted by Gasteiger charge is 2.62. The molecular weight excluding hydrogens is 182 g/mol. The molecule has 1 nitrogen and oxygen atoms in total. The van der Waals surface area contributed by atoms with E-state index in [4.69, 9.17) is 0 Å². The molecule has 3 rings (SSSR count). The molecule has 0 aromatic rings. The number of nitrogens with zero attached hydrogens (tertiary/aromatic N) is 1. The van der Waals surface area contributed by atoms with Crippen molar-refractivity contribution in [2.45, 2.75) is 58.9 Å². The minimum absolute atomic E-state index is 0.597. The average Bonchev–Trinajstić information content (AvgIpc) is 2.80. The largest absolute Gasteiger partial charge is 0.300 e. The summed E-state index contributed by atoms with van der Waals surface area (Å²) in [5.74, 6) is 1.01. The van der Waals surface area contributed by atoms with E-state index in [2.05, 4.69) is 25.7 Å². The Bertz CT molecular complexity index is 265. The van der Waals surface area contributed by atoms with Gasteiger partial charge in [-0.15, -0.1) is 0 Å². The summed E-state index contributed by atoms with van der Waals surface area (Å²) in [5, 5.41) is 0. The van der Waals surface area contributed by atoms with E-state index in [0.29, 0.717) is 10.8 Å². The lowest BCUT2D eigenvalue weighted by atomic mass is 9.69. The third-order valence-corrected chi connectivity index (χ3v) is 6.33. The fraction of sp³-hybridized carbons (Fsp3) is 1.00. The topological polar surface area (TPSA) is 3.24 Å². The highest BCUT2D eigenvalue weighted by atomic mass is 15.2. The van der Waals surface area contributed by atoms with Crippen LogP contribution in [0.3, 0.4) is 0 Å². The molecule has 3 unspecified atom stereocenters. The van der Waals surface area contributed by atoms with Crippen molar-refractivity contribution < 1.29 is 0 Å². The first-order valence-corrected chi connectivity index (χ1v) is 6.80. The van der Waals surface area contributed by atoms with Crippen LogP contribution in [0, 0.1) is 16.7 Å². The quantitative estimate of drug-likeness (QED) is 0.637. The second-order valence-electron chi connectivity index (χ2n) is 6.87. The van der Waals surface area contributed by atoms with Crippen molar-refractivity contribution in [3.8, 4) is 0 Å². The summed E-state index contributed by atoms with van der Waals surface area (Å²) >= 11 is 0. The van der Waals surface area contributed by atoms with Gasteiger partial charge in [0.2, 0.25) is 0 Å². The van der Waals surface area contributed by atoms with Crippen LogP contribution in [0.25, 0.3) is 0 Å². The highest BCUT2D eigenvalue weighted by molar-refractivity contribution is 5.13. The average molecular weight is 207 g/mol. The number of rotatable bonds is 1. The molecule has 2 saturated carbocycles. The van der Waals surface area contributed by atoms with Crippen LogP contribution >= 0.6 is 0 Å². The van der Waals surface area contributed by atoms with E-state index in [9.17, 15) is 0 Å². The van der Waals surface area contributed by atoms with E-state index in [-0.39, 0.29) is 0 Å². The number of likely N-dealkylation sites (tertiary alicyclic amines) is 1. The van der Waals surface area contributed by atoms with Gasteiger partial charge in [0.15, 0.2) is 0 Å². The molecular formula is C14H25N. The molecule has 0 radical (unpaired) electrons. The monoisotopic (exact) mass is 207 g/mol. The SMILES string of the molecule is CC1(C)C2CCC1(C)C(N1CCCC1)C2. The summed E-state index contributed by atoms with van der Waals surface area (Å²) in [7, 11) is 0. The summed E-state index contributed by atoms with van der Waals surface area (Å²) in [6, 6.07) is 0.911. The Morgan fingerprint density at radius 2 is 1.73 bits per heavy atom. The Morgan fingerprint density at radius 1 is 1.07 bits per heavy atom. The minimum atomic E-state index is 0.597. The summed E-state index contributed by atoms with van der Waals surface area (Å²) in [4.78, 5) is 2.81. The summed E-state index contributed by atoms with van der Waals surface area (Å²) in [6.45, 7) is 10.4. The van der Waals surface area contributed by atoms with Gasteiger partial charge in [-0.25, -0.2) is 0 Å².